The second kappa shape index (κ2) is 6.70. The van der Waals surface area contributed by atoms with Crippen LogP contribution in [0.1, 0.15) is 75.5 Å². The van der Waals surface area contributed by atoms with Crippen molar-refractivity contribution in [3.8, 4) is 11.3 Å². The Labute approximate surface area is 147 Å². The molecule has 0 spiro atoms. The van der Waals surface area contributed by atoms with E-state index in [-0.39, 0.29) is 5.41 Å². The second-order valence-corrected chi connectivity index (χ2v) is 8.57. The van der Waals surface area contributed by atoms with Gasteiger partial charge in [0.15, 0.2) is 6.20 Å². The molecule has 0 N–H and O–H groups in total. The number of hydrogen-bond acceptors (Lipinski definition) is 0. The zero-order valence-electron chi connectivity index (χ0n) is 16.0. The van der Waals surface area contributed by atoms with Crippen molar-refractivity contribution in [3.05, 3.63) is 53.2 Å². The smallest absolute Gasteiger partial charge is 0.201 e. The van der Waals surface area contributed by atoms with Crippen molar-refractivity contribution in [1.29, 1.82) is 0 Å². The van der Waals surface area contributed by atoms with Gasteiger partial charge in [-0.25, -0.2) is 4.57 Å². The third-order valence-corrected chi connectivity index (χ3v) is 5.60. The molecule has 24 heavy (non-hydrogen) atoms. The van der Waals surface area contributed by atoms with Crippen LogP contribution in [-0.2, 0) is 12.5 Å². The lowest BCUT2D eigenvalue weighted by molar-refractivity contribution is -0.660. The maximum absolute atomic E-state index is 2.36. The van der Waals surface area contributed by atoms with E-state index >= 15 is 0 Å². The van der Waals surface area contributed by atoms with Crippen LogP contribution in [0.3, 0.4) is 0 Å². The van der Waals surface area contributed by atoms with Crippen LogP contribution in [-0.4, -0.2) is 0 Å². The molecule has 128 valence electrons. The van der Waals surface area contributed by atoms with E-state index in [1.807, 2.05) is 0 Å². The molecule has 1 nitrogen and oxygen atoms in total. The van der Waals surface area contributed by atoms with Crippen molar-refractivity contribution in [2.24, 2.45) is 7.05 Å². The molecule has 0 atom stereocenters. The monoisotopic (exact) mass is 322 g/mol. The number of nitrogens with zero attached hydrogens (tertiary/aromatic N) is 1. The first-order valence-electron chi connectivity index (χ1n) is 9.47. The normalized spacial score (nSPS) is 16.4. The van der Waals surface area contributed by atoms with Gasteiger partial charge in [-0.3, -0.25) is 0 Å². The van der Waals surface area contributed by atoms with Crippen molar-refractivity contribution >= 4 is 0 Å². The van der Waals surface area contributed by atoms with E-state index in [0.717, 1.165) is 5.92 Å². The van der Waals surface area contributed by atoms with Gasteiger partial charge in [0.2, 0.25) is 5.69 Å². The second-order valence-electron chi connectivity index (χ2n) is 8.57. The summed E-state index contributed by atoms with van der Waals surface area (Å²) in [5.74, 6) is 0.767. The van der Waals surface area contributed by atoms with E-state index in [4.69, 9.17) is 0 Å². The molecule has 1 heteroatoms. The topological polar surface area (TPSA) is 3.88 Å². The third-order valence-electron chi connectivity index (χ3n) is 5.60. The van der Waals surface area contributed by atoms with Crippen LogP contribution in [0.25, 0.3) is 11.3 Å². The molecule has 0 amide bonds. The highest BCUT2D eigenvalue weighted by Crippen LogP contribution is 2.33. The molecule has 0 unspecified atom stereocenters. The van der Waals surface area contributed by atoms with Gasteiger partial charge < -0.3 is 0 Å². The SMILES string of the molecule is Cc1cc(C(C)(C)C)ccc1-c1ccc(C2CCCCC2)c[n+]1C. The van der Waals surface area contributed by atoms with Crippen LogP contribution in [0.15, 0.2) is 36.5 Å². The van der Waals surface area contributed by atoms with Gasteiger partial charge in [0.1, 0.15) is 7.05 Å². The van der Waals surface area contributed by atoms with Gasteiger partial charge in [-0.05, 0) is 54.4 Å². The summed E-state index contributed by atoms with van der Waals surface area (Å²) < 4.78 is 2.32. The molecule has 1 aliphatic rings. The summed E-state index contributed by atoms with van der Waals surface area (Å²) >= 11 is 0. The highest BCUT2D eigenvalue weighted by molar-refractivity contribution is 5.62. The quantitative estimate of drug-likeness (QED) is 0.612. The van der Waals surface area contributed by atoms with Crippen LogP contribution in [0.2, 0.25) is 0 Å². The van der Waals surface area contributed by atoms with Crippen LogP contribution in [0.4, 0.5) is 0 Å². The van der Waals surface area contributed by atoms with E-state index in [1.54, 1.807) is 0 Å². The fourth-order valence-corrected chi connectivity index (χ4v) is 4.00. The first-order valence-corrected chi connectivity index (χ1v) is 9.47. The van der Waals surface area contributed by atoms with Crippen LogP contribution < -0.4 is 4.57 Å². The fraction of sp³-hybridized carbons (Fsp3) is 0.522. The van der Waals surface area contributed by atoms with E-state index in [2.05, 4.69) is 75.8 Å². The van der Waals surface area contributed by atoms with Crippen LogP contribution in [0.5, 0.6) is 0 Å². The minimum absolute atomic E-state index is 0.205. The summed E-state index contributed by atoms with van der Waals surface area (Å²) in [6.07, 6.45) is 9.28. The Hall–Kier alpha value is -1.63. The van der Waals surface area contributed by atoms with Gasteiger partial charge in [0, 0.05) is 17.2 Å². The number of rotatable bonds is 2. The van der Waals surface area contributed by atoms with E-state index in [1.165, 1.54) is 60.1 Å². The predicted octanol–water partition coefficient (Wildman–Crippen LogP) is 5.83. The Morgan fingerprint density at radius 3 is 2.25 bits per heavy atom. The van der Waals surface area contributed by atoms with Gasteiger partial charge >= 0.3 is 0 Å². The summed E-state index contributed by atoms with van der Waals surface area (Å²) in [7, 11) is 2.19. The number of hydrogen-bond donors (Lipinski definition) is 0. The minimum atomic E-state index is 0.205. The maximum Gasteiger partial charge on any atom is 0.212 e. The van der Waals surface area contributed by atoms with Gasteiger partial charge in [0.25, 0.3) is 0 Å². The van der Waals surface area contributed by atoms with Crippen molar-refractivity contribution in [1.82, 2.24) is 0 Å². The number of aryl methyl sites for hydroxylation is 2. The molecule has 1 aromatic carbocycles. The van der Waals surface area contributed by atoms with Crippen molar-refractivity contribution in [3.63, 3.8) is 0 Å². The maximum atomic E-state index is 2.36. The Balaban J connectivity index is 1.92. The average molecular weight is 323 g/mol. The molecule has 2 aromatic rings. The highest BCUT2D eigenvalue weighted by atomic mass is 14.9. The third kappa shape index (κ3) is 3.55. The number of pyridine rings is 1. The first kappa shape index (κ1) is 17.2. The molecule has 1 aromatic heterocycles. The van der Waals surface area contributed by atoms with Gasteiger partial charge in [-0.1, -0.05) is 52.2 Å². The lowest BCUT2D eigenvalue weighted by Gasteiger charge is -2.21. The molecule has 0 bridgehead atoms. The largest absolute Gasteiger partial charge is 0.212 e. The van der Waals surface area contributed by atoms with Gasteiger partial charge in [-0.2, -0.15) is 0 Å². The summed E-state index contributed by atoms with van der Waals surface area (Å²) in [6.45, 7) is 9.07. The Morgan fingerprint density at radius 2 is 1.67 bits per heavy atom. The summed E-state index contributed by atoms with van der Waals surface area (Å²) in [5, 5.41) is 0. The molecule has 0 radical (unpaired) electrons. The lowest BCUT2D eigenvalue weighted by atomic mass is 9.84. The zero-order valence-corrected chi connectivity index (χ0v) is 16.0. The van der Waals surface area contributed by atoms with E-state index in [0.29, 0.717) is 0 Å². The molecule has 0 aliphatic heterocycles. The molecule has 1 aliphatic carbocycles. The average Bonchev–Trinajstić information content (AvgIpc) is 2.55. The van der Waals surface area contributed by atoms with Gasteiger partial charge in [0.05, 0.1) is 0 Å². The predicted molar refractivity (Wildman–Crippen MR) is 102 cm³/mol. The lowest BCUT2D eigenvalue weighted by Crippen LogP contribution is -2.32. The minimum Gasteiger partial charge on any atom is -0.201 e. The molecule has 1 fully saturated rings. The molecule has 1 heterocycles. The highest BCUT2D eigenvalue weighted by Gasteiger charge is 2.21. The van der Waals surface area contributed by atoms with Crippen LogP contribution in [0, 0.1) is 6.92 Å². The standard InChI is InChI=1S/C23H32N/c1-17-15-20(23(2,3)4)12-13-21(17)22-14-11-19(16-24(22)5)18-9-7-6-8-10-18/h11-16,18H,6-10H2,1-5H3/q+1. The summed E-state index contributed by atoms with van der Waals surface area (Å²) in [4.78, 5) is 0. The molecule has 0 saturated heterocycles. The number of aromatic nitrogens is 1. The summed E-state index contributed by atoms with van der Waals surface area (Å²) in [6, 6.07) is 11.6. The Morgan fingerprint density at radius 1 is 0.958 bits per heavy atom. The molecule has 3 rings (SSSR count). The first-order chi connectivity index (χ1) is 11.4. The molecular formula is C23H32N+. The zero-order chi connectivity index (χ0) is 17.3. The van der Waals surface area contributed by atoms with E-state index in [9.17, 15) is 0 Å². The molecule has 1 saturated carbocycles. The fourth-order valence-electron chi connectivity index (χ4n) is 4.00. The Bertz CT molecular complexity index is 715. The molecular weight excluding hydrogens is 290 g/mol. The Kier molecular flexibility index (Phi) is 4.80. The number of benzene rings is 1. The van der Waals surface area contributed by atoms with E-state index < -0.39 is 0 Å². The summed E-state index contributed by atoms with van der Waals surface area (Å²) in [5.41, 5.74) is 7.16. The van der Waals surface area contributed by atoms with Gasteiger partial charge in [-0.15, -0.1) is 0 Å². The van der Waals surface area contributed by atoms with Crippen molar-refractivity contribution in [2.45, 2.75) is 71.1 Å². The van der Waals surface area contributed by atoms with Crippen molar-refractivity contribution in [2.75, 3.05) is 0 Å². The van der Waals surface area contributed by atoms with Crippen LogP contribution >= 0.6 is 0 Å². The van der Waals surface area contributed by atoms with Crippen molar-refractivity contribution < 1.29 is 4.57 Å².